The molecule has 0 aromatic carbocycles. The maximum absolute atomic E-state index is 10.5. The molecule has 0 amide bonds. The molecule has 1 aromatic heterocycles. The fraction of sp³-hybridized carbons (Fsp3) is 0.438. The molecule has 0 bridgehead atoms. The number of hydrogen-bond acceptors (Lipinski definition) is 7. The van der Waals surface area contributed by atoms with E-state index in [0.29, 0.717) is 11.5 Å². The summed E-state index contributed by atoms with van der Waals surface area (Å²) in [7, 11) is 0. The molecule has 128 valence electrons. The molecular weight excluding hydrogens is 310 g/mol. The number of nitrogens with one attached hydrogen (secondary N) is 1. The van der Waals surface area contributed by atoms with Gasteiger partial charge in [0.1, 0.15) is 18.0 Å². The summed E-state index contributed by atoms with van der Waals surface area (Å²) in [6, 6.07) is 0. The van der Waals surface area contributed by atoms with E-state index in [2.05, 4.69) is 22.8 Å². The molecule has 1 saturated heterocycles. The van der Waals surface area contributed by atoms with Gasteiger partial charge >= 0.3 is 0 Å². The third-order valence-electron chi connectivity index (χ3n) is 4.48. The summed E-state index contributed by atoms with van der Waals surface area (Å²) in [4.78, 5) is 4.29. The van der Waals surface area contributed by atoms with Crippen LogP contribution in [0.4, 0.5) is 5.82 Å². The highest BCUT2D eigenvalue weighted by Gasteiger charge is 2.56. The van der Waals surface area contributed by atoms with Crippen LogP contribution in [0.15, 0.2) is 17.8 Å². The van der Waals surface area contributed by atoms with E-state index in [-0.39, 0.29) is 5.96 Å². The van der Waals surface area contributed by atoms with E-state index >= 15 is 0 Å². The second-order valence-corrected chi connectivity index (χ2v) is 6.23. The smallest absolute Gasteiger partial charge is 0.199 e. The van der Waals surface area contributed by atoms with Crippen LogP contribution in [0.1, 0.15) is 24.3 Å². The van der Waals surface area contributed by atoms with Crippen LogP contribution in [0.3, 0.4) is 0 Å². The molecule has 0 saturated carbocycles. The first-order chi connectivity index (χ1) is 11.2. The highest BCUT2D eigenvalue weighted by molar-refractivity contribution is 5.95. The van der Waals surface area contributed by atoms with Gasteiger partial charge in [0.05, 0.1) is 6.10 Å². The van der Waals surface area contributed by atoms with E-state index in [4.69, 9.17) is 22.6 Å². The van der Waals surface area contributed by atoms with E-state index < -0.39 is 30.1 Å². The Labute approximate surface area is 139 Å². The molecule has 1 aromatic rings. The summed E-state index contributed by atoms with van der Waals surface area (Å²) in [5.41, 5.74) is 12.7. The molecule has 2 aliphatic rings. The van der Waals surface area contributed by atoms with E-state index in [1.54, 1.807) is 10.8 Å². The molecule has 24 heavy (non-hydrogen) atoms. The molecule has 8 nitrogen and oxygen atoms in total. The van der Waals surface area contributed by atoms with Crippen molar-refractivity contribution in [1.82, 2.24) is 9.88 Å². The topological polar surface area (TPSA) is 131 Å². The maximum atomic E-state index is 10.5. The first-order valence-electron chi connectivity index (χ1n) is 7.50. The first kappa shape index (κ1) is 16.5. The van der Waals surface area contributed by atoms with Crippen molar-refractivity contribution in [3.05, 3.63) is 23.9 Å². The van der Waals surface area contributed by atoms with Crippen LogP contribution in [-0.4, -0.2) is 44.6 Å². The van der Waals surface area contributed by atoms with Crippen LogP contribution < -0.4 is 16.8 Å². The van der Waals surface area contributed by atoms with Crippen LogP contribution in [0.2, 0.25) is 0 Å². The highest BCUT2D eigenvalue weighted by Crippen LogP contribution is 2.43. The Morgan fingerprint density at radius 1 is 1.62 bits per heavy atom. The zero-order chi connectivity index (χ0) is 17.8. The number of aliphatic hydroxyl groups is 2. The molecule has 0 radical (unpaired) electrons. The van der Waals surface area contributed by atoms with Crippen molar-refractivity contribution in [2.75, 3.05) is 0 Å². The van der Waals surface area contributed by atoms with Gasteiger partial charge in [0.2, 0.25) is 0 Å². The Bertz CT molecular complexity index is 775. The van der Waals surface area contributed by atoms with Crippen LogP contribution in [0, 0.1) is 19.3 Å². The number of nitrogens with zero attached hydrogens (tertiary/aromatic N) is 2. The Morgan fingerprint density at radius 2 is 2.29 bits per heavy atom. The number of terminal acetylenes is 1. The van der Waals surface area contributed by atoms with Crippen LogP contribution >= 0.6 is 0 Å². The zero-order valence-electron chi connectivity index (χ0n) is 13.5. The standard InChI is InChI=1S/C16H21N5O3/c1-5-16(18)12(23)11(9(4)22)24-14(16)21-6-7(2)10-8(3)19-15(17)20-13(10)21/h1,6,9,11-12,14,22-23H,3,18H2,2,4H3,(H3,17,19,20)/t9-,11+,12-,14+,16?/m0/s1. The first-order valence-corrected chi connectivity index (χ1v) is 7.50. The lowest BCUT2D eigenvalue weighted by Gasteiger charge is -2.29. The van der Waals surface area contributed by atoms with E-state index in [1.165, 1.54) is 6.92 Å². The van der Waals surface area contributed by atoms with Gasteiger partial charge in [-0.05, 0) is 19.4 Å². The quantitative estimate of drug-likeness (QED) is 0.455. The molecule has 0 spiro atoms. The van der Waals surface area contributed by atoms with E-state index in [1.807, 2.05) is 6.92 Å². The summed E-state index contributed by atoms with van der Waals surface area (Å²) in [6.07, 6.45) is 3.33. The number of ether oxygens (including phenoxy) is 1. The van der Waals surface area contributed by atoms with Crippen molar-refractivity contribution in [1.29, 1.82) is 0 Å². The molecule has 1 unspecified atom stereocenters. The van der Waals surface area contributed by atoms with Gasteiger partial charge in [-0.1, -0.05) is 12.5 Å². The van der Waals surface area contributed by atoms with Gasteiger partial charge in [-0.25, -0.2) is 0 Å². The Balaban J connectivity index is 2.15. The summed E-state index contributed by atoms with van der Waals surface area (Å²) >= 11 is 0. The second-order valence-electron chi connectivity index (χ2n) is 6.23. The summed E-state index contributed by atoms with van der Waals surface area (Å²) in [5, 5.41) is 23.2. The number of guanidine groups is 1. The van der Waals surface area contributed by atoms with Crippen molar-refractivity contribution in [3.63, 3.8) is 0 Å². The number of aryl methyl sites for hydroxylation is 1. The molecular formula is C16H21N5O3. The third kappa shape index (κ3) is 2.14. The lowest BCUT2D eigenvalue weighted by Crippen LogP contribution is -2.54. The summed E-state index contributed by atoms with van der Waals surface area (Å²) in [6.45, 7) is 7.32. The number of aliphatic hydroxyl groups excluding tert-OH is 2. The maximum Gasteiger partial charge on any atom is 0.199 e. The number of hydrogen-bond donors (Lipinski definition) is 5. The van der Waals surface area contributed by atoms with E-state index in [0.717, 1.165) is 11.1 Å². The largest absolute Gasteiger partial charge is 0.391 e. The van der Waals surface area contributed by atoms with Crippen molar-refractivity contribution in [2.45, 2.75) is 43.9 Å². The van der Waals surface area contributed by atoms with Crippen LogP contribution in [-0.2, 0) is 4.74 Å². The van der Waals surface area contributed by atoms with Crippen molar-refractivity contribution >= 4 is 17.5 Å². The molecule has 2 aliphatic heterocycles. The van der Waals surface area contributed by atoms with Gasteiger partial charge in [-0.15, -0.1) is 6.42 Å². The van der Waals surface area contributed by atoms with Crippen molar-refractivity contribution in [3.8, 4) is 12.3 Å². The lowest BCUT2D eigenvalue weighted by molar-refractivity contribution is -0.0760. The minimum absolute atomic E-state index is 0.181. The average Bonchev–Trinajstić information content (AvgIpc) is 2.95. The van der Waals surface area contributed by atoms with Gasteiger partial charge in [-0.3, -0.25) is 0 Å². The minimum atomic E-state index is -1.53. The fourth-order valence-corrected chi connectivity index (χ4v) is 3.25. The Kier molecular flexibility index (Phi) is 3.69. The average molecular weight is 331 g/mol. The van der Waals surface area contributed by atoms with Crippen LogP contribution in [0.5, 0.6) is 0 Å². The third-order valence-corrected chi connectivity index (χ3v) is 4.48. The van der Waals surface area contributed by atoms with Gasteiger partial charge in [0.15, 0.2) is 17.7 Å². The molecule has 7 N–H and O–H groups in total. The number of nitrogens with two attached hydrogens (primary N) is 2. The fourth-order valence-electron chi connectivity index (χ4n) is 3.25. The highest BCUT2D eigenvalue weighted by atomic mass is 16.5. The summed E-state index contributed by atoms with van der Waals surface area (Å²) in [5.74, 6) is 3.08. The number of rotatable bonds is 2. The zero-order valence-corrected chi connectivity index (χ0v) is 13.5. The van der Waals surface area contributed by atoms with Gasteiger partial charge < -0.3 is 36.3 Å². The normalized spacial score (nSPS) is 33.4. The molecule has 3 rings (SSSR count). The molecule has 1 fully saturated rings. The molecule has 0 aliphatic carbocycles. The van der Waals surface area contributed by atoms with Crippen molar-refractivity contribution < 1.29 is 14.9 Å². The molecule has 8 heteroatoms. The molecule has 5 atom stereocenters. The predicted molar refractivity (Wildman–Crippen MR) is 90.0 cm³/mol. The van der Waals surface area contributed by atoms with E-state index in [9.17, 15) is 10.2 Å². The van der Waals surface area contributed by atoms with Gasteiger partial charge in [0.25, 0.3) is 0 Å². The Hall–Kier alpha value is -2.31. The number of fused-ring (bicyclic) bond motifs is 1. The van der Waals surface area contributed by atoms with Gasteiger partial charge in [-0.2, -0.15) is 4.99 Å². The number of aliphatic imine (C=N–C) groups is 1. The van der Waals surface area contributed by atoms with Crippen molar-refractivity contribution in [2.24, 2.45) is 16.5 Å². The second kappa shape index (κ2) is 5.36. The predicted octanol–water partition coefficient (Wildman–Crippen LogP) is -0.714. The summed E-state index contributed by atoms with van der Waals surface area (Å²) < 4.78 is 7.45. The Morgan fingerprint density at radius 3 is 2.88 bits per heavy atom. The lowest BCUT2D eigenvalue weighted by atomic mass is 9.90. The number of aromatic nitrogens is 1. The van der Waals surface area contributed by atoms with Gasteiger partial charge in [0, 0.05) is 17.5 Å². The molecule has 3 heterocycles. The minimum Gasteiger partial charge on any atom is -0.391 e. The monoisotopic (exact) mass is 331 g/mol. The van der Waals surface area contributed by atoms with Crippen LogP contribution in [0.25, 0.3) is 5.70 Å². The SMILES string of the molecule is C#CC1(N)[C@@H](O)[C@@H]([C@H](C)O)O[C@H]1n1cc(C)c2c1N=C(N)NC2=C.